The molecule has 29 heavy (non-hydrogen) atoms. The second-order valence-corrected chi connectivity index (χ2v) is 6.56. The molecule has 3 aromatic rings. The van der Waals surface area contributed by atoms with Gasteiger partial charge < -0.3 is 23.9 Å². The fraction of sp³-hybridized carbons (Fsp3) is 0.261. The van der Waals surface area contributed by atoms with E-state index in [1.54, 1.807) is 20.4 Å². The number of ether oxygens (including phenoxy) is 3. The Morgan fingerprint density at radius 2 is 1.66 bits per heavy atom. The van der Waals surface area contributed by atoms with E-state index in [1.807, 2.05) is 53.1 Å². The van der Waals surface area contributed by atoms with Gasteiger partial charge in [0.05, 0.1) is 27.0 Å². The predicted molar refractivity (Wildman–Crippen MR) is 111 cm³/mol. The topological polar surface area (TPSA) is 69.9 Å². The minimum Gasteiger partial charge on any atom is -0.493 e. The van der Waals surface area contributed by atoms with Crippen LogP contribution >= 0.6 is 0 Å². The van der Waals surface area contributed by atoms with Crippen LogP contribution in [-0.2, 0) is 26.2 Å². The fourth-order valence-corrected chi connectivity index (χ4v) is 3.07. The molecule has 6 heteroatoms. The van der Waals surface area contributed by atoms with E-state index in [0.717, 1.165) is 11.1 Å². The molecular formula is C23H25NO5. The molecule has 152 valence electrons. The summed E-state index contributed by atoms with van der Waals surface area (Å²) in [5.41, 5.74) is 2.34. The van der Waals surface area contributed by atoms with Crippen molar-refractivity contribution in [1.29, 1.82) is 0 Å². The molecule has 0 atom stereocenters. The Hall–Kier alpha value is -3.25. The molecule has 0 radical (unpaired) electrons. The molecule has 0 unspecified atom stereocenters. The maximum Gasteiger partial charge on any atom is 0.223 e. The van der Waals surface area contributed by atoms with Gasteiger partial charge in [0.15, 0.2) is 17.2 Å². The molecule has 0 aliphatic rings. The highest BCUT2D eigenvalue weighted by atomic mass is 16.5. The smallest absolute Gasteiger partial charge is 0.223 e. The van der Waals surface area contributed by atoms with Gasteiger partial charge in [0.2, 0.25) is 5.43 Å². The lowest BCUT2D eigenvalue weighted by Gasteiger charge is -2.15. The Labute approximate surface area is 169 Å². The largest absolute Gasteiger partial charge is 0.493 e. The van der Waals surface area contributed by atoms with Crippen LogP contribution in [0.25, 0.3) is 0 Å². The van der Waals surface area contributed by atoms with Crippen molar-refractivity contribution in [3.8, 4) is 17.2 Å². The molecule has 0 aliphatic carbocycles. The van der Waals surface area contributed by atoms with Crippen LogP contribution in [0.5, 0.6) is 17.2 Å². The zero-order valence-electron chi connectivity index (χ0n) is 16.6. The highest BCUT2D eigenvalue weighted by molar-refractivity contribution is 5.43. The van der Waals surface area contributed by atoms with Crippen LogP contribution in [0, 0.1) is 0 Å². The third-order valence-electron chi connectivity index (χ3n) is 4.67. The van der Waals surface area contributed by atoms with E-state index in [-0.39, 0.29) is 17.8 Å². The zero-order valence-corrected chi connectivity index (χ0v) is 16.6. The van der Waals surface area contributed by atoms with E-state index in [0.29, 0.717) is 36.8 Å². The summed E-state index contributed by atoms with van der Waals surface area (Å²) in [6.07, 6.45) is 2.35. The van der Waals surface area contributed by atoms with E-state index < -0.39 is 0 Å². The number of methoxy groups -OCH3 is 2. The molecule has 3 rings (SSSR count). The van der Waals surface area contributed by atoms with E-state index >= 15 is 0 Å². The molecule has 0 bridgehead atoms. The fourth-order valence-electron chi connectivity index (χ4n) is 3.07. The lowest BCUT2D eigenvalue weighted by molar-refractivity contribution is 0.265. The van der Waals surface area contributed by atoms with Crippen LogP contribution in [0.1, 0.15) is 16.8 Å². The summed E-state index contributed by atoms with van der Waals surface area (Å²) in [4.78, 5) is 12.3. The van der Waals surface area contributed by atoms with E-state index in [9.17, 15) is 9.90 Å². The van der Waals surface area contributed by atoms with Crippen molar-refractivity contribution in [1.82, 2.24) is 4.57 Å². The Kier molecular flexibility index (Phi) is 6.92. The summed E-state index contributed by atoms with van der Waals surface area (Å²) in [5, 5.41) is 9.65. The number of hydrogen-bond acceptors (Lipinski definition) is 5. The van der Waals surface area contributed by atoms with Crippen LogP contribution in [-0.4, -0.2) is 23.9 Å². The summed E-state index contributed by atoms with van der Waals surface area (Å²) in [6, 6.07) is 16.8. The number of hydrogen-bond donors (Lipinski definition) is 1. The first-order chi connectivity index (χ1) is 14.1. The van der Waals surface area contributed by atoms with Gasteiger partial charge in [0, 0.05) is 18.3 Å². The van der Waals surface area contributed by atoms with Crippen molar-refractivity contribution in [2.45, 2.75) is 26.2 Å². The summed E-state index contributed by atoms with van der Waals surface area (Å²) in [7, 11) is 3.20. The molecule has 1 N–H and O–H groups in total. The van der Waals surface area contributed by atoms with Gasteiger partial charge in [-0.05, 0) is 29.7 Å². The van der Waals surface area contributed by atoms with Crippen LogP contribution in [0.2, 0.25) is 0 Å². The average Bonchev–Trinajstić information content (AvgIpc) is 2.77. The molecule has 0 saturated heterocycles. The standard InChI is InChI=1S/C23H25NO5/c1-27-21-9-8-17(12-22(21)28-2)10-11-24-14-23(20(26)13-19(24)15-25)29-16-18-6-4-3-5-7-18/h3-9,12-14,25H,10-11,15-16H2,1-2H3. The maximum absolute atomic E-state index is 12.3. The van der Waals surface area contributed by atoms with Gasteiger partial charge in [-0.1, -0.05) is 36.4 Å². The minimum atomic E-state index is -0.243. The van der Waals surface area contributed by atoms with Gasteiger partial charge in [-0.3, -0.25) is 4.79 Å². The van der Waals surface area contributed by atoms with Gasteiger partial charge in [-0.2, -0.15) is 0 Å². The number of aryl methyl sites for hydroxylation is 2. The monoisotopic (exact) mass is 395 g/mol. The number of aliphatic hydroxyl groups is 1. The third kappa shape index (κ3) is 5.18. The Morgan fingerprint density at radius 1 is 0.897 bits per heavy atom. The van der Waals surface area contributed by atoms with Crippen molar-refractivity contribution in [2.75, 3.05) is 14.2 Å². The predicted octanol–water partition coefficient (Wildman–Crippen LogP) is 3.18. The van der Waals surface area contributed by atoms with E-state index in [2.05, 4.69) is 0 Å². The molecule has 0 spiro atoms. The summed E-state index contributed by atoms with van der Waals surface area (Å²) < 4.78 is 18.2. The van der Waals surface area contributed by atoms with Crippen LogP contribution < -0.4 is 19.6 Å². The Morgan fingerprint density at radius 3 is 2.34 bits per heavy atom. The van der Waals surface area contributed by atoms with E-state index in [4.69, 9.17) is 14.2 Å². The quantitative estimate of drug-likeness (QED) is 0.603. The number of pyridine rings is 1. The molecule has 0 amide bonds. The second kappa shape index (κ2) is 9.80. The van der Waals surface area contributed by atoms with Crippen molar-refractivity contribution < 1.29 is 19.3 Å². The first kappa shape index (κ1) is 20.5. The van der Waals surface area contributed by atoms with Crippen molar-refractivity contribution in [3.05, 3.63) is 87.8 Å². The van der Waals surface area contributed by atoms with Gasteiger partial charge in [-0.25, -0.2) is 0 Å². The maximum atomic E-state index is 12.3. The molecule has 0 fully saturated rings. The normalized spacial score (nSPS) is 10.6. The second-order valence-electron chi connectivity index (χ2n) is 6.56. The number of benzene rings is 2. The highest BCUT2D eigenvalue weighted by Crippen LogP contribution is 2.28. The highest BCUT2D eigenvalue weighted by Gasteiger charge is 2.09. The van der Waals surface area contributed by atoms with Gasteiger partial charge in [0.1, 0.15) is 6.61 Å². The Bertz CT molecular complexity index is 998. The van der Waals surface area contributed by atoms with Crippen LogP contribution in [0.3, 0.4) is 0 Å². The molecule has 6 nitrogen and oxygen atoms in total. The van der Waals surface area contributed by atoms with Crippen LogP contribution in [0.4, 0.5) is 0 Å². The summed E-state index contributed by atoms with van der Waals surface area (Å²) in [5.74, 6) is 1.60. The van der Waals surface area contributed by atoms with Crippen molar-refractivity contribution >= 4 is 0 Å². The lowest BCUT2D eigenvalue weighted by atomic mass is 10.1. The number of aromatic nitrogens is 1. The molecule has 2 aromatic carbocycles. The van der Waals surface area contributed by atoms with E-state index in [1.165, 1.54) is 6.07 Å². The third-order valence-corrected chi connectivity index (χ3v) is 4.67. The molecular weight excluding hydrogens is 370 g/mol. The Balaban J connectivity index is 1.76. The number of rotatable bonds is 9. The average molecular weight is 395 g/mol. The number of aliphatic hydroxyl groups excluding tert-OH is 1. The molecule has 1 aromatic heterocycles. The van der Waals surface area contributed by atoms with Crippen molar-refractivity contribution in [3.63, 3.8) is 0 Å². The summed E-state index contributed by atoms with van der Waals surface area (Å²) >= 11 is 0. The zero-order chi connectivity index (χ0) is 20.6. The minimum absolute atomic E-state index is 0.222. The molecule has 0 aliphatic heterocycles. The van der Waals surface area contributed by atoms with Crippen LogP contribution in [0.15, 0.2) is 65.6 Å². The first-order valence-corrected chi connectivity index (χ1v) is 9.36. The van der Waals surface area contributed by atoms with Gasteiger partial charge in [0.25, 0.3) is 0 Å². The summed E-state index contributed by atoms with van der Waals surface area (Å²) in [6.45, 7) is 0.664. The molecule has 1 heterocycles. The number of nitrogens with zero attached hydrogens (tertiary/aromatic N) is 1. The molecule has 0 saturated carbocycles. The van der Waals surface area contributed by atoms with Crippen molar-refractivity contribution in [2.24, 2.45) is 0 Å². The lowest BCUT2D eigenvalue weighted by Crippen LogP contribution is -2.16. The first-order valence-electron chi connectivity index (χ1n) is 9.36. The van der Waals surface area contributed by atoms with Gasteiger partial charge in [-0.15, -0.1) is 0 Å². The van der Waals surface area contributed by atoms with Gasteiger partial charge >= 0.3 is 0 Å². The SMILES string of the molecule is COc1ccc(CCn2cc(OCc3ccccc3)c(=O)cc2CO)cc1OC.